The third-order valence-corrected chi connectivity index (χ3v) is 5.17. The van der Waals surface area contributed by atoms with Crippen molar-refractivity contribution >= 4 is 15.5 Å². The quantitative estimate of drug-likeness (QED) is 0.906. The predicted molar refractivity (Wildman–Crippen MR) is 78.3 cm³/mol. The molecule has 1 N–H and O–H groups in total. The maximum absolute atomic E-state index is 12.7. The number of hydrogen-bond acceptors (Lipinski definition) is 4. The molecule has 1 aromatic rings. The van der Waals surface area contributed by atoms with Crippen LogP contribution in [0.5, 0.6) is 0 Å². The number of piperidine rings is 1. The van der Waals surface area contributed by atoms with Gasteiger partial charge in [-0.3, -0.25) is 0 Å². The molecule has 21 heavy (non-hydrogen) atoms. The Bertz CT molecular complexity index is 578. The van der Waals surface area contributed by atoms with Crippen LogP contribution < -0.4 is 5.32 Å². The smallest absolute Gasteiger partial charge is 0.341 e. The lowest BCUT2D eigenvalue weighted by atomic mass is 9.98. The minimum atomic E-state index is -4.58. The van der Waals surface area contributed by atoms with Gasteiger partial charge in [0.25, 0.3) is 0 Å². The monoisotopic (exact) mass is 318 g/mol. The number of benzene rings is 1. The van der Waals surface area contributed by atoms with E-state index in [2.05, 4.69) is 10.2 Å². The Morgan fingerprint density at radius 3 is 2.76 bits per heavy atom. The topological polar surface area (TPSA) is 49.4 Å². The van der Waals surface area contributed by atoms with Crippen molar-refractivity contribution in [1.29, 1.82) is 0 Å². The van der Waals surface area contributed by atoms with E-state index in [1.54, 1.807) is 6.07 Å². The van der Waals surface area contributed by atoms with E-state index in [1.165, 1.54) is 18.2 Å². The number of anilines is 1. The third kappa shape index (κ3) is 3.91. The first-order chi connectivity index (χ1) is 9.91. The molecule has 0 aliphatic carbocycles. The first kappa shape index (κ1) is 16.2. The van der Waals surface area contributed by atoms with E-state index in [0.29, 0.717) is 12.5 Å². The van der Waals surface area contributed by atoms with Crippen molar-refractivity contribution in [2.24, 2.45) is 5.92 Å². The molecule has 1 aromatic carbocycles. The number of nitrogens with one attached hydrogen (secondary N) is 1. The average Bonchev–Trinajstić information content (AvgIpc) is 2.45. The molecule has 0 bridgehead atoms. The second kappa shape index (κ2) is 6.70. The maximum Gasteiger partial charge on any atom is 0.341 e. The first-order valence-corrected chi connectivity index (χ1v) is 8.49. The second-order valence-electron chi connectivity index (χ2n) is 5.45. The Balaban J connectivity index is 2.10. The van der Waals surface area contributed by atoms with Gasteiger partial charge in [-0.25, -0.2) is 8.42 Å². The van der Waals surface area contributed by atoms with E-state index >= 15 is 0 Å². The summed E-state index contributed by atoms with van der Waals surface area (Å²) in [5.41, 5.74) is 0.256. The summed E-state index contributed by atoms with van der Waals surface area (Å²) in [6.45, 7) is 2.57. The van der Waals surface area contributed by atoms with Crippen LogP contribution in [0.1, 0.15) is 12.8 Å². The van der Waals surface area contributed by atoms with Gasteiger partial charge in [0.2, 0.25) is 9.84 Å². The largest absolute Gasteiger partial charge is 0.384 e. The number of sulfone groups is 1. The molecule has 1 aliphatic rings. The van der Waals surface area contributed by atoms with Crippen LogP contribution in [-0.2, 0) is 9.84 Å². The Kier molecular flexibility index (Phi) is 5.16. The van der Waals surface area contributed by atoms with E-state index in [0.717, 1.165) is 25.9 Å². The van der Waals surface area contributed by atoms with Gasteiger partial charge in [0.05, 0.1) is 10.6 Å². The molecule has 118 valence electrons. The first-order valence-electron chi connectivity index (χ1n) is 6.94. The van der Waals surface area contributed by atoms with Crippen LogP contribution in [0.2, 0.25) is 0 Å². The Morgan fingerprint density at radius 1 is 1.38 bits per heavy atom. The molecule has 1 fully saturated rings. The molecule has 7 heteroatoms. The number of alkyl halides is 2. The number of para-hydroxylation sites is 1. The fraction of sp³-hybridized carbons (Fsp3) is 0.571. The molecule has 2 rings (SSSR count). The van der Waals surface area contributed by atoms with Gasteiger partial charge in [-0.1, -0.05) is 12.1 Å². The molecule has 0 spiro atoms. The maximum atomic E-state index is 12.7. The molecular weight excluding hydrogens is 298 g/mol. The summed E-state index contributed by atoms with van der Waals surface area (Å²) in [6, 6.07) is 5.84. The number of halogens is 2. The van der Waals surface area contributed by atoms with Crippen molar-refractivity contribution in [2.45, 2.75) is 23.5 Å². The van der Waals surface area contributed by atoms with Gasteiger partial charge in [-0.15, -0.1) is 0 Å². The SMILES string of the molecule is CN1CCCC(CNc2ccccc2S(=O)(=O)C(F)F)C1. The summed E-state index contributed by atoms with van der Waals surface area (Å²) in [6.07, 6.45) is 2.15. The highest BCUT2D eigenvalue weighted by molar-refractivity contribution is 7.91. The number of rotatable bonds is 5. The van der Waals surface area contributed by atoms with Crippen molar-refractivity contribution in [3.63, 3.8) is 0 Å². The summed E-state index contributed by atoms with van der Waals surface area (Å²) >= 11 is 0. The summed E-state index contributed by atoms with van der Waals surface area (Å²) in [5, 5.41) is 3.03. The van der Waals surface area contributed by atoms with Gasteiger partial charge in [-0.2, -0.15) is 8.78 Å². The molecule has 1 heterocycles. The lowest BCUT2D eigenvalue weighted by Gasteiger charge is -2.30. The molecule has 1 unspecified atom stereocenters. The van der Waals surface area contributed by atoms with E-state index in [4.69, 9.17) is 0 Å². The average molecular weight is 318 g/mol. The van der Waals surface area contributed by atoms with Crippen LogP contribution in [0.25, 0.3) is 0 Å². The normalized spacial score (nSPS) is 20.7. The summed E-state index contributed by atoms with van der Waals surface area (Å²) in [7, 11) is -2.53. The van der Waals surface area contributed by atoms with Crippen molar-refractivity contribution in [3.05, 3.63) is 24.3 Å². The minimum Gasteiger partial charge on any atom is -0.384 e. The van der Waals surface area contributed by atoms with E-state index in [1.807, 2.05) is 7.05 Å². The van der Waals surface area contributed by atoms with Gasteiger partial charge >= 0.3 is 5.76 Å². The fourth-order valence-corrected chi connectivity index (χ4v) is 3.56. The van der Waals surface area contributed by atoms with Crippen LogP contribution in [0.4, 0.5) is 14.5 Å². The molecule has 0 saturated carbocycles. The lowest BCUT2D eigenvalue weighted by molar-refractivity contribution is 0.217. The van der Waals surface area contributed by atoms with Gasteiger partial charge in [0.1, 0.15) is 0 Å². The highest BCUT2D eigenvalue weighted by Crippen LogP contribution is 2.26. The van der Waals surface area contributed by atoms with Crippen LogP contribution >= 0.6 is 0 Å². The molecule has 0 amide bonds. The van der Waals surface area contributed by atoms with Crippen molar-refractivity contribution < 1.29 is 17.2 Å². The summed E-state index contributed by atoms with van der Waals surface area (Å²) < 4.78 is 48.7. The van der Waals surface area contributed by atoms with Crippen molar-refractivity contribution in [2.75, 3.05) is 32.0 Å². The zero-order chi connectivity index (χ0) is 15.5. The Hall–Kier alpha value is -1.21. The van der Waals surface area contributed by atoms with Gasteiger partial charge in [0.15, 0.2) is 0 Å². The molecule has 0 radical (unpaired) electrons. The number of hydrogen-bond donors (Lipinski definition) is 1. The van der Waals surface area contributed by atoms with Crippen LogP contribution in [0, 0.1) is 5.92 Å². The third-order valence-electron chi connectivity index (χ3n) is 3.73. The molecule has 1 saturated heterocycles. The number of likely N-dealkylation sites (tertiary alicyclic amines) is 1. The summed E-state index contributed by atoms with van der Waals surface area (Å²) in [4.78, 5) is 1.89. The standard InChI is InChI=1S/C14H20F2N2O2S/c1-18-8-4-5-11(10-18)9-17-12-6-2-3-7-13(12)21(19,20)14(15)16/h2-3,6-7,11,14,17H,4-5,8-10H2,1H3. The van der Waals surface area contributed by atoms with Gasteiger partial charge < -0.3 is 10.2 Å². The fourth-order valence-electron chi connectivity index (χ4n) is 2.65. The molecular formula is C14H20F2N2O2S. The van der Waals surface area contributed by atoms with E-state index in [9.17, 15) is 17.2 Å². The minimum absolute atomic E-state index is 0.256. The highest BCUT2D eigenvalue weighted by Gasteiger charge is 2.29. The second-order valence-corrected chi connectivity index (χ2v) is 7.34. The van der Waals surface area contributed by atoms with Crippen LogP contribution in [0.3, 0.4) is 0 Å². The molecule has 4 nitrogen and oxygen atoms in total. The zero-order valence-electron chi connectivity index (χ0n) is 11.9. The van der Waals surface area contributed by atoms with E-state index in [-0.39, 0.29) is 10.6 Å². The Labute approximate surface area is 124 Å². The number of nitrogens with zero attached hydrogens (tertiary/aromatic N) is 1. The molecule has 1 aliphatic heterocycles. The molecule has 1 atom stereocenters. The van der Waals surface area contributed by atoms with Crippen molar-refractivity contribution in [3.8, 4) is 0 Å². The van der Waals surface area contributed by atoms with Crippen LogP contribution in [-0.4, -0.2) is 45.8 Å². The highest BCUT2D eigenvalue weighted by atomic mass is 32.2. The zero-order valence-corrected chi connectivity index (χ0v) is 12.7. The van der Waals surface area contributed by atoms with Crippen molar-refractivity contribution in [1.82, 2.24) is 4.90 Å². The Morgan fingerprint density at radius 2 is 2.10 bits per heavy atom. The lowest BCUT2D eigenvalue weighted by Crippen LogP contribution is -2.35. The summed E-state index contributed by atoms with van der Waals surface area (Å²) in [5.74, 6) is -3.01. The van der Waals surface area contributed by atoms with E-state index < -0.39 is 15.6 Å². The predicted octanol–water partition coefficient (Wildman–Crippen LogP) is 2.44. The molecule has 0 aromatic heterocycles. The van der Waals surface area contributed by atoms with Gasteiger partial charge in [-0.05, 0) is 44.5 Å². The van der Waals surface area contributed by atoms with Gasteiger partial charge in [0, 0.05) is 13.1 Å². The van der Waals surface area contributed by atoms with Crippen LogP contribution in [0.15, 0.2) is 29.2 Å².